The maximum atomic E-state index is 13.5. The number of ether oxygens (including phenoxy) is 1. The van der Waals surface area contributed by atoms with Crippen LogP contribution in [0.5, 0.6) is 0 Å². The van der Waals surface area contributed by atoms with Crippen molar-refractivity contribution in [1.29, 1.82) is 0 Å². The van der Waals surface area contributed by atoms with Gasteiger partial charge in [0.25, 0.3) is 0 Å². The van der Waals surface area contributed by atoms with Crippen LogP contribution in [0.1, 0.15) is 53.1 Å². The van der Waals surface area contributed by atoms with Crippen molar-refractivity contribution in [2.24, 2.45) is 4.99 Å². The van der Waals surface area contributed by atoms with E-state index >= 15 is 0 Å². The minimum atomic E-state index is -0.611. The van der Waals surface area contributed by atoms with Crippen LogP contribution in [0.2, 0.25) is 0 Å². The summed E-state index contributed by atoms with van der Waals surface area (Å²) in [6, 6.07) is 5.26. The van der Waals surface area contributed by atoms with Crippen LogP contribution in [0.3, 0.4) is 0 Å². The average Bonchev–Trinajstić information content (AvgIpc) is 3.34. The Bertz CT molecular complexity index is 1330. The quantitative estimate of drug-likeness (QED) is 0.660. The van der Waals surface area contributed by atoms with Gasteiger partial charge in [-0.25, -0.2) is 9.78 Å². The Labute approximate surface area is 216 Å². The number of pyridine rings is 1. The summed E-state index contributed by atoms with van der Waals surface area (Å²) in [4.78, 5) is 39.4. The van der Waals surface area contributed by atoms with E-state index in [-0.39, 0.29) is 11.9 Å². The molecule has 9 nitrogen and oxygen atoms in total. The van der Waals surface area contributed by atoms with Gasteiger partial charge in [0.2, 0.25) is 5.91 Å². The number of anilines is 1. The van der Waals surface area contributed by atoms with Crippen molar-refractivity contribution in [1.82, 2.24) is 20.1 Å². The van der Waals surface area contributed by atoms with Crippen molar-refractivity contribution in [3.63, 3.8) is 0 Å². The normalized spacial score (nSPS) is 21.5. The van der Waals surface area contributed by atoms with E-state index in [2.05, 4.69) is 40.2 Å². The van der Waals surface area contributed by atoms with Gasteiger partial charge in [-0.15, -0.1) is 0 Å². The molecule has 0 aliphatic carbocycles. The Morgan fingerprint density at radius 3 is 2.92 bits per heavy atom. The number of rotatable bonds is 2. The number of fused-ring (bicyclic) bond motifs is 5. The lowest BCUT2D eigenvalue weighted by atomic mass is 9.83. The van der Waals surface area contributed by atoms with E-state index in [1.54, 1.807) is 11.1 Å². The van der Waals surface area contributed by atoms with Crippen molar-refractivity contribution in [2.75, 3.05) is 25.0 Å². The van der Waals surface area contributed by atoms with E-state index in [0.717, 1.165) is 28.1 Å². The number of amides is 3. The van der Waals surface area contributed by atoms with Crippen LogP contribution in [-0.4, -0.2) is 58.6 Å². The number of carbonyl (C=O) groups excluding carboxylic acids is 2. The van der Waals surface area contributed by atoms with E-state index in [1.165, 1.54) is 11.1 Å². The van der Waals surface area contributed by atoms with Gasteiger partial charge in [-0.05, 0) is 54.8 Å². The molecule has 4 aliphatic rings. The summed E-state index contributed by atoms with van der Waals surface area (Å²) in [6.45, 7) is 10.9. The summed E-state index contributed by atoms with van der Waals surface area (Å²) in [5.74, 6) is 1.18. The number of likely N-dealkylation sites (N-methyl/N-ethyl adjacent to an activating group) is 1. The van der Waals surface area contributed by atoms with Gasteiger partial charge < -0.3 is 25.2 Å². The number of carbonyl (C=O) groups is 2. The number of aliphatic imine (C=N–C) groups is 1. The topological polar surface area (TPSA) is 99.2 Å². The Kier molecular flexibility index (Phi) is 5.66. The third-order valence-corrected chi connectivity index (χ3v) is 8.17. The first kappa shape index (κ1) is 23.5. The third kappa shape index (κ3) is 3.93. The number of hydrogen-bond acceptors (Lipinski definition) is 6. The second-order valence-corrected chi connectivity index (χ2v) is 10.3. The fourth-order valence-corrected chi connectivity index (χ4v) is 6.15. The van der Waals surface area contributed by atoms with Crippen LogP contribution in [0, 0.1) is 6.92 Å². The average molecular weight is 501 g/mol. The predicted molar refractivity (Wildman–Crippen MR) is 140 cm³/mol. The van der Waals surface area contributed by atoms with Gasteiger partial charge in [-0.2, -0.15) is 0 Å². The van der Waals surface area contributed by atoms with E-state index in [1.807, 2.05) is 30.2 Å². The first-order valence-corrected chi connectivity index (χ1v) is 13.0. The number of nitrogens with one attached hydrogen (secondary N) is 2. The van der Waals surface area contributed by atoms with Crippen molar-refractivity contribution >= 4 is 24.0 Å². The highest BCUT2D eigenvalue weighted by Gasteiger charge is 2.44. The number of benzene rings is 1. The molecule has 3 amide bonds. The monoisotopic (exact) mass is 500 g/mol. The molecule has 192 valence electrons. The molecule has 0 unspecified atom stereocenters. The second-order valence-electron chi connectivity index (χ2n) is 10.3. The molecule has 1 saturated heterocycles. The van der Waals surface area contributed by atoms with Gasteiger partial charge in [-0.3, -0.25) is 9.79 Å². The SMILES string of the molecule is C=C1Nc2ncccc2C2(CCN(C(=O)N[C@@H]3Cc4cc(C)c5c(c4CN(CC)C3=O)C=NC5)CC2)O1. The van der Waals surface area contributed by atoms with Crippen molar-refractivity contribution in [3.8, 4) is 0 Å². The molecule has 1 fully saturated rings. The molecule has 1 spiro atoms. The summed E-state index contributed by atoms with van der Waals surface area (Å²) < 4.78 is 6.19. The van der Waals surface area contributed by atoms with Gasteiger partial charge in [0.15, 0.2) is 5.88 Å². The Morgan fingerprint density at radius 1 is 1.32 bits per heavy atom. The lowest BCUT2D eigenvalue weighted by Gasteiger charge is -2.45. The maximum Gasteiger partial charge on any atom is 0.318 e. The molecule has 2 N–H and O–H groups in total. The predicted octanol–water partition coefficient (Wildman–Crippen LogP) is 3.21. The molecule has 1 aromatic carbocycles. The van der Waals surface area contributed by atoms with E-state index in [4.69, 9.17) is 4.74 Å². The van der Waals surface area contributed by atoms with E-state index in [9.17, 15) is 9.59 Å². The zero-order valence-corrected chi connectivity index (χ0v) is 21.3. The molecule has 9 heteroatoms. The molecule has 0 radical (unpaired) electrons. The Balaban J connectivity index is 1.20. The molecule has 2 aromatic rings. The molecule has 1 aromatic heterocycles. The van der Waals surface area contributed by atoms with Gasteiger partial charge in [0, 0.05) is 69.0 Å². The van der Waals surface area contributed by atoms with Crippen molar-refractivity contribution < 1.29 is 14.3 Å². The Hall–Kier alpha value is -3.88. The highest BCUT2D eigenvalue weighted by Crippen LogP contribution is 2.44. The minimum absolute atomic E-state index is 0.0418. The smallest absolute Gasteiger partial charge is 0.318 e. The number of piperidine rings is 1. The summed E-state index contributed by atoms with van der Waals surface area (Å²) in [6.07, 6.45) is 5.39. The van der Waals surface area contributed by atoms with E-state index in [0.29, 0.717) is 57.9 Å². The number of hydrogen-bond donors (Lipinski definition) is 2. The highest BCUT2D eigenvalue weighted by molar-refractivity contribution is 5.91. The standard InChI is InChI=1S/C28H32N6O3/c1-4-33-16-22-19(12-17(2)20-14-29-15-21(20)22)13-24(26(33)35)32-27(36)34-10-7-28(8-11-34)23-6-5-9-30-25(23)31-18(3)37-28/h5-6,9,12,15,24H,3-4,7-8,10-11,13-14,16H2,1-2H3,(H,30,31)(H,32,36)/t24-/m1/s1. The van der Waals surface area contributed by atoms with Crippen LogP contribution >= 0.6 is 0 Å². The summed E-state index contributed by atoms with van der Waals surface area (Å²) >= 11 is 0. The molecular formula is C28H32N6O3. The molecule has 0 bridgehead atoms. The zero-order valence-electron chi connectivity index (χ0n) is 21.3. The third-order valence-electron chi connectivity index (χ3n) is 8.17. The van der Waals surface area contributed by atoms with Crippen LogP contribution in [0.25, 0.3) is 0 Å². The number of likely N-dealkylation sites (tertiary alicyclic amines) is 1. The molecule has 5 heterocycles. The molecule has 6 rings (SSSR count). The second kappa shape index (κ2) is 8.90. The maximum absolute atomic E-state index is 13.5. The van der Waals surface area contributed by atoms with Gasteiger partial charge in [0.1, 0.15) is 17.5 Å². The minimum Gasteiger partial charge on any atom is -0.468 e. The van der Waals surface area contributed by atoms with Gasteiger partial charge in [0.05, 0.1) is 6.54 Å². The van der Waals surface area contributed by atoms with E-state index < -0.39 is 11.6 Å². The van der Waals surface area contributed by atoms with Crippen LogP contribution in [0.4, 0.5) is 10.6 Å². The summed E-state index contributed by atoms with van der Waals surface area (Å²) in [5.41, 5.74) is 6.28. The molecule has 0 saturated carbocycles. The number of urea groups is 1. The van der Waals surface area contributed by atoms with Crippen LogP contribution in [-0.2, 0) is 34.6 Å². The molecule has 4 aliphatic heterocycles. The largest absolute Gasteiger partial charge is 0.468 e. The lowest BCUT2D eigenvalue weighted by molar-refractivity contribution is -0.133. The van der Waals surface area contributed by atoms with Crippen LogP contribution in [0.15, 0.2) is 41.9 Å². The van der Waals surface area contributed by atoms with Crippen molar-refractivity contribution in [3.05, 3.63) is 70.2 Å². The number of nitrogens with zero attached hydrogens (tertiary/aromatic N) is 4. The first-order valence-electron chi connectivity index (χ1n) is 13.0. The Morgan fingerprint density at radius 2 is 2.14 bits per heavy atom. The number of aryl methyl sites for hydroxylation is 1. The highest BCUT2D eigenvalue weighted by atomic mass is 16.5. The summed E-state index contributed by atoms with van der Waals surface area (Å²) in [5, 5.41) is 6.17. The lowest BCUT2D eigenvalue weighted by Crippen LogP contribution is -2.55. The van der Waals surface area contributed by atoms with Crippen LogP contribution < -0.4 is 10.6 Å². The molecule has 37 heavy (non-hydrogen) atoms. The number of aromatic nitrogens is 1. The van der Waals surface area contributed by atoms with Crippen molar-refractivity contribution in [2.45, 2.75) is 57.8 Å². The molecule has 1 atom stereocenters. The van der Waals surface area contributed by atoms with Gasteiger partial charge >= 0.3 is 6.03 Å². The van der Waals surface area contributed by atoms with Gasteiger partial charge in [-0.1, -0.05) is 6.07 Å². The fraction of sp³-hybridized carbons (Fsp3) is 0.429. The fourth-order valence-electron chi connectivity index (χ4n) is 6.15. The summed E-state index contributed by atoms with van der Waals surface area (Å²) in [7, 11) is 0. The zero-order chi connectivity index (χ0) is 25.7. The molecular weight excluding hydrogens is 468 g/mol. The first-order chi connectivity index (χ1) is 17.9.